The topological polar surface area (TPSA) is 79.3 Å². The number of aromatic nitrogens is 2. The zero-order valence-corrected chi connectivity index (χ0v) is 15.1. The number of hydrogen-bond acceptors (Lipinski definition) is 6. The van der Waals surface area contributed by atoms with Gasteiger partial charge in [0.25, 0.3) is 0 Å². The lowest BCUT2D eigenvalue weighted by Crippen LogP contribution is -2.44. The maximum absolute atomic E-state index is 10.2. The van der Waals surface area contributed by atoms with Crippen LogP contribution in [0.3, 0.4) is 0 Å². The van der Waals surface area contributed by atoms with Gasteiger partial charge in [0.05, 0.1) is 24.1 Å². The van der Waals surface area contributed by atoms with Crippen LogP contribution >= 0.6 is 0 Å². The van der Waals surface area contributed by atoms with E-state index in [0.29, 0.717) is 12.2 Å². The Bertz CT molecular complexity index is 952. The first-order valence-electron chi connectivity index (χ1n) is 9.35. The van der Waals surface area contributed by atoms with Gasteiger partial charge in [0, 0.05) is 5.56 Å². The summed E-state index contributed by atoms with van der Waals surface area (Å²) in [4.78, 5) is 8.48. The highest BCUT2D eigenvalue weighted by atomic mass is 16.5. The molecule has 0 bridgehead atoms. The highest BCUT2D eigenvalue weighted by Crippen LogP contribution is 2.43. The van der Waals surface area contributed by atoms with E-state index >= 15 is 0 Å². The van der Waals surface area contributed by atoms with Crippen molar-refractivity contribution in [2.45, 2.75) is 37.8 Å². The molecule has 4 atom stereocenters. The monoisotopic (exact) mass is 362 g/mol. The van der Waals surface area contributed by atoms with Gasteiger partial charge in [0.1, 0.15) is 6.33 Å². The quantitative estimate of drug-likeness (QED) is 0.662. The van der Waals surface area contributed by atoms with Crippen molar-refractivity contribution in [3.05, 3.63) is 60.6 Å². The molecule has 1 aromatic heterocycles. The molecular formula is C21H22N4O2. The average molecular weight is 362 g/mol. The third-order valence-corrected chi connectivity index (χ3v) is 5.63. The van der Waals surface area contributed by atoms with Crippen molar-refractivity contribution in [1.82, 2.24) is 9.97 Å². The van der Waals surface area contributed by atoms with Crippen LogP contribution in [0.2, 0.25) is 0 Å². The van der Waals surface area contributed by atoms with Crippen LogP contribution in [0, 0.1) is 5.92 Å². The van der Waals surface area contributed by atoms with Gasteiger partial charge < -0.3 is 20.5 Å². The summed E-state index contributed by atoms with van der Waals surface area (Å²) >= 11 is 0. The third-order valence-electron chi connectivity index (χ3n) is 5.63. The molecule has 27 heavy (non-hydrogen) atoms. The van der Waals surface area contributed by atoms with E-state index in [1.54, 1.807) is 6.20 Å². The molecule has 1 unspecified atom stereocenters. The first kappa shape index (κ1) is 16.5. The van der Waals surface area contributed by atoms with Crippen LogP contribution in [-0.4, -0.2) is 27.3 Å². The second-order valence-corrected chi connectivity index (χ2v) is 7.50. The number of anilines is 2. The average Bonchev–Trinajstić information content (AvgIpc) is 3.21. The molecule has 1 aliphatic carbocycles. The molecule has 3 N–H and O–H groups in total. The molecule has 1 aliphatic heterocycles. The molecule has 2 aliphatic rings. The van der Waals surface area contributed by atoms with Gasteiger partial charge in [0.2, 0.25) is 5.85 Å². The summed E-state index contributed by atoms with van der Waals surface area (Å²) < 4.78 is 6.63. The van der Waals surface area contributed by atoms with E-state index in [4.69, 9.17) is 4.74 Å². The van der Waals surface area contributed by atoms with Crippen LogP contribution < -0.4 is 10.6 Å². The van der Waals surface area contributed by atoms with Gasteiger partial charge in [-0.05, 0) is 29.5 Å². The van der Waals surface area contributed by atoms with Crippen molar-refractivity contribution in [3.63, 3.8) is 0 Å². The lowest BCUT2D eigenvalue weighted by molar-refractivity contribution is -0.0604. The Kier molecular flexibility index (Phi) is 3.77. The fourth-order valence-electron chi connectivity index (χ4n) is 4.21. The van der Waals surface area contributed by atoms with E-state index in [0.717, 1.165) is 28.4 Å². The fraction of sp³-hybridized carbons (Fsp3) is 0.333. The number of aliphatic hydroxyl groups excluding tert-OH is 1. The number of nitrogens with zero attached hydrogens (tertiary/aromatic N) is 2. The van der Waals surface area contributed by atoms with Crippen molar-refractivity contribution >= 4 is 22.3 Å². The van der Waals surface area contributed by atoms with E-state index in [1.807, 2.05) is 18.2 Å². The van der Waals surface area contributed by atoms with Gasteiger partial charge >= 0.3 is 0 Å². The molecule has 1 saturated carbocycles. The predicted octanol–water partition coefficient (Wildman–Crippen LogP) is 3.45. The number of nitrogens with one attached hydrogen (secondary N) is 2. The number of hydrogen-bond donors (Lipinski definition) is 3. The minimum absolute atomic E-state index is 0.0590. The molecule has 2 aromatic carbocycles. The Morgan fingerprint density at radius 3 is 2.78 bits per heavy atom. The van der Waals surface area contributed by atoms with Crippen LogP contribution in [0.4, 0.5) is 11.5 Å². The standard InChI is InChI=1S/C21H22N4O2/c1-13-9-15(10-19(13)26)27-21(24-18-11-22-12-23-20(18)25-21)17-8-4-6-14-5-2-3-7-16(14)17/h2-8,11-13,15,19,24,26H,9-10H2,1H3,(H,22,23,25)/t13-,15+,19+,21?/m0/s1. The SMILES string of the molecule is C[C@H]1C[C@@H](OC2(c3cccc4ccccc34)Nc3cncnc3N2)C[C@H]1O. The Balaban J connectivity index is 1.61. The maximum atomic E-state index is 10.2. The molecule has 1 fully saturated rings. The number of benzene rings is 2. The molecule has 0 radical (unpaired) electrons. The lowest BCUT2D eigenvalue weighted by atomic mass is 10.0. The van der Waals surface area contributed by atoms with Gasteiger partial charge in [-0.3, -0.25) is 0 Å². The molecule has 138 valence electrons. The molecule has 3 aromatic rings. The predicted molar refractivity (Wildman–Crippen MR) is 104 cm³/mol. The zero-order valence-electron chi connectivity index (χ0n) is 15.1. The molecule has 6 heteroatoms. The third kappa shape index (κ3) is 2.72. The van der Waals surface area contributed by atoms with Crippen LogP contribution in [-0.2, 0) is 10.6 Å². The van der Waals surface area contributed by atoms with Crippen molar-refractivity contribution in [3.8, 4) is 0 Å². The number of rotatable bonds is 3. The van der Waals surface area contributed by atoms with E-state index in [-0.39, 0.29) is 18.1 Å². The largest absolute Gasteiger partial charge is 0.393 e. The highest BCUT2D eigenvalue weighted by Gasteiger charge is 2.45. The summed E-state index contributed by atoms with van der Waals surface area (Å²) in [6, 6.07) is 14.4. The smallest absolute Gasteiger partial charge is 0.246 e. The van der Waals surface area contributed by atoms with Gasteiger partial charge in [0.15, 0.2) is 5.82 Å². The Morgan fingerprint density at radius 1 is 1.11 bits per heavy atom. The van der Waals surface area contributed by atoms with Gasteiger partial charge in [-0.2, -0.15) is 0 Å². The molecule has 6 nitrogen and oxygen atoms in total. The van der Waals surface area contributed by atoms with E-state index in [1.165, 1.54) is 6.33 Å². The normalized spacial score (nSPS) is 29.3. The Hall–Kier alpha value is -2.70. The lowest BCUT2D eigenvalue weighted by Gasteiger charge is -2.34. The molecular weight excluding hydrogens is 340 g/mol. The zero-order chi connectivity index (χ0) is 18.4. The van der Waals surface area contributed by atoms with E-state index < -0.39 is 5.85 Å². The first-order valence-corrected chi connectivity index (χ1v) is 9.35. The first-order chi connectivity index (χ1) is 13.1. The number of ether oxygens (including phenoxy) is 1. The maximum Gasteiger partial charge on any atom is 0.246 e. The van der Waals surface area contributed by atoms with Crippen molar-refractivity contribution in [1.29, 1.82) is 0 Å². The second kappa shape index (κ2) is 6.18. The summed E-state index contributed by atoms with van der Waals surface area (Å²) in [5.74, 6) is -0.0131. The van der Waals surface area contributed by atoms with E-state index in [9.17, 15) is 5.11 Å². The van der Waals surface area contributed by atoms with Gasteiger partial charge in [-0.1, -0.05) is 49.4 Å². The Morgan fingerprint density at radius 2 is 1.96 bits per heavy atom. The number of fused-ring (bicyclic) bond motifs is 2. The summed E-state index contributed by atoms with van der Waals surface area (Å²) in [6.07, 6.45) is 4.32. The molecule has 5 rings (SSSR count). The summed E-state index contributed by atoms with van der Waals surface area (Å²) in [6.45, 7) is 2.06. The molecule has 0 saturated heterocycles. The molecule has 0 spiro atoms. The summed E-state index contributed by atoms with van der Waals surface area (Å²) in [5.41, 5.74) is 1.80. The summed E-state index contributed by atoms with van der Waals surface area (Å²) in [7, 11) is 0. The van der Waals surface area contributed by atoms with Crippen molar-refractivity contribution in [2.75, 3.05) is 10.6 Å². The van der Waals surface area contributed by atoms with Crippen molar-refractivity contribution < 1.29 is 9.84 Å². The van der Waals surface area contributed by atoms with Crippen LogP contribution in [0.25, 0.3) is 10.8 Å². The Labute approximate surface area is 157 Å². The van der Waals surface area contributed by atoms with Gasteiger partial charge in [-0.15, -0.1) is 0 Å². The van der Waals surface area contributed by atoms with Crippen LogP contribution in [0.15, 0.2) is 55.0 Å². The highest BCUT2D eigenvalue weighted by molar-refractivity contribution is 5.88. The van der Waals surface area contributed by atoms with Crippen molar-refractivity contribution in [2.24, 2.45) is 5.92 Å². The number of aliphatic hydroxyl groups is 1. The van der Waals surface area contributed by atoms with Gasteiger partial charge in [-0.25, -0.2) is 9.97 Å². The van der Waals surface area contributed by atoms with Crippen LogP contribution in [0.5, 0.6) is 0 Å². The second-order valence-electron chi connectivity index (χ2n) is 7.50. The minimum atomic E-state index is -0.951. The van der Waals surface area contributed by atoms with Crippen LogP contribution in [0.1, 0.15) is 25.3 Å². The molecule has 2 heterocycles. The van der Waals surface area contributed by atoms with E-state index in [2.05, 4.69) is 51.8 Å². The molecule has 0 amide bonds. The minimum Gasteiger partial charge on any atom is -0.393 e. The fourth-order valence-corrected chi connectivity index (χ4v) is 4.21. The summed E-state index contributed by atoms with van der Waals surface area (Å²) in [5, 5.41) is 19.4.